The standard InChI is InChI=1S/C17H24N2O2/c1-10(2)15-12(4)19(7-5-6-18)16-13(15)8-11(3)9-14(16)17(20)21/h8-10H,5-7,18H2,1-4H3,(H,20,21). The molecule has 0 bridgehead atoms. The maximum Gasteiger partial charge on any atom is 0.337 e. The van der Waals surface area contributed by atoms with Crippen LogP contribution in [0.15, 0.2) is 12.1 Å². The summed E-state index contributed by atoms with van der Waals surface area (Å²) in [5.74, 6) is -0.513. The molecule has 0 aliphatic rings. The molecule has 3 N–H and O–H groups in total. The zero-order valence-electron chi connectivity index (χ0n) is 13.2. The Morgan fingerprint density at radius 1 is 1.33 bits per heavy atom. The summed E-state index contributed by atoms with van der Waals surface area (Å²) < 4.78 is 2.13. The van der Waals surface area contributed by atoms with Crippen LogP contribution < -0.4 is 5.73 Å². The third-order valence-electron chi connectivity index (χ3n) is 4.00. The van der Waals surface area contributed by atoms with E-state index in [9.17, 15) is 9.90 Å². The summed E-state index contributed by atoms with van der Waals surface area (Å²) in [6.45, 7) is 9.68. The number of nitrogens with two attached hydrogens (primary N) is 1. The van der Waals surface area contributed by atoms with Crippen LogP contribution in [0.25, 0.3) is 10.9 Å². The van der Waals surface area contributed by atoms with Crippen molar-refractivity contribution in [2.24, 2.45) is 5.73 Å². The summed E-state index contributed by atoms with van der Waals surface area (Å²) >= 11 is 0. The van der Waals surface area contributed by atoms with Gasteiger partial charge in [-0.2, -0.15) is 0 Å². The van der Waals surface area contributed by atoms with Crippen molar-refractivity contribution >= 4 is 16.9 Å². The van der Waals surface area contributed by atoms with Crippen molar-refractivity contribution in [3.8, 4) is 0 Å². The second kappa shape index (κ2) is 5.90. The van der Waals surface area contributed by atoms with E-state index >= 15 is 0 Å². The lowest BCUT2D eigenvalue weighted by Gasteiger charge is -2.10. The molecule has 1 aromatic carbocycles. The molecule has 4 heteroatoms. The van der Waals surface area contributed by atoms with Gasteiger partial charge in [-0.05, 0) is 56.0 Å². The summed E-state index contributed by atoms with van der Waals surface area (Å²) in [4.78, 5) is 11.6. The van der Waals surface area contributed by atoms with E-state index in [4.69, 9.17) is 5.73 Å². The van der Waals surface area contributed by atoms with E-state index in [1.807, 2.05) is 6.92 Å². The first-order valence-electron chi connectivity index (χ1n) is 7.45. The van der Waals surface area contributed by atoms with Gasteiger partial charge < -0.3 is 15.4 Å². The van der Waals surface area contributed by atoms with Crippen molar-refractivity contribution in [3.05, 3.63) is 34.5 Å². The van der Waals surface area contributed by atoms with Crippen LogP contribution in [0.5, 0.6) is 0 Å². The molecule has 0 radical (unpaired) electrons. The largest absolute Gasteiger partial charge is 0.478 e. The van der Waals surface area contributed by atoms with Gasteiger partial charge in [-0.15, -0.1) is 0 Å². The van der Waals surface area contributed by atoms with E-state index < -0.39 is 5.97 Å². The van der Waals surface area contributed by atoms with Crippen LogP contribution in [0.1, 0.15) is 53.4 Å². The Morgan fingerprint density at radius 3 is 2.52 bits per heavy atom. The number of fused-ring (bicyclic) bond motifs is 1. The smallest absolute Gasteiger partial charge is 0.337 e. The maximum atomic E-state index is 11.6. The number of aromatic nitrogens is 1. The molecule has 114 valence electrons. The number of aryl methyl sites for hydroxylation is 2. The second-order valence-corrected chi connectivity index (χ2v) is 5.96. The number of carboxylic acids is 1. The summed E-state index contributed by atoms with van der Waals surface area (Å²) in [6, 6.07) is 3.86. The van der Waals surface area contributed by atoms with Crippen LogP contribution in [0.4, 0.5) is 0 Å². The van der Waals surface area contributed by atoms with Crippen molar-refractivity contribution < 1.29 is 9.90 Å². The third kappa shape index (κ3) is 2.68. The first kappa shape index (κ1) is 15.6. The number of hydrogen-bond donors (Lipinski definition) is 2. The minimum absolute atomic E-state index is 0.357. The molecule has 0 fully saturated rings. The third-order valence-corrected chi connectivity index (χ3v) is 4.00. The molecule has 0 saturated heterocycles. The minimum atomic E-state index is -0.870. The SMILES string of the molecule is Cc1cc(C(=O)O)c2c(c1)c(C(C)C)c(C)n2CCCN. The molecular weight excluding hydrogens is 264 g/mol. The number of rotatable bonds is 5. The predicted octanol–water partition coefficient (Wildman–Crippen LogP) is 3.43. The minimum Gasteiger partial charge on any atom is -0.478 e. The van der Waals surface area contributed by atoms with Crippen LogP contribution in [0.3, 0.4) is 0 Å². The lowest BCUT2D eigenvalue weighted by Crippen LogP contribution is -2.09. The highest BCUT2D eigenvalue weighted by Gasteiger charge is 2.21. The summed E-state index contributed by atoms with van der Waals surface area (Å²) in [5.41, 5.74) is 10.2. The lowest BCUT2D eigenvalue weighted by atomic mass is 9.97. The first-order chi connectivity index (χ1) is 9.88. The van der Waals surface area contributed by atoms with Crippen molar-refractivity contribution in [1.82, 2.24) is 4.57 Å². The van der Waals surface area contributed by atoms with E-state index in [2.05, 4.69) is 31.4 Å². The van der Waals surface area contributed by atoms with Gasteiger partial charge in [0.2, 0.25) is 0 Å². The van der Waals surface area contributed by atoms with E-state index in [1.54, 1.807) is 6.07 Å². The number of carbonyl (C=O) groups is 1. The molecule has 1 heterocycles. The Bertz CT molecular complexity index is 684. The monoisotopic (exact) mass is 288 g/mol. The van der Waals surface area contributed by atoms with Gasteiger partial charge >= 0.3 is 5.97 Å². The zero-order chi connectivity index (χ0) is 15.7. The van der Waals surface area contributed by atoms with E-state index in [0.717, 1.165) is 35.1 Å². The van der Waals surface area contributed by atoms with Crippen molar-refractivity contribution in [3.63, 3.8) is 0 Å². The first-order valence-corrected chi connectivity index (χ1v) is 7.45. The molecular formula is C17H24N2O2. The van der Waals surface area contributed by atoms with Crippen molar-refractivity contribution in [2.45, 2.75) is 46.6 Å². The highest BCUT2D eigenvalue weighted by molar-refractivity contribution is 6.04. The molecule has 21 heavy (non-hydrogen) atoms. The molecule has 0 aliphatic carbocycles. The summed E-state index contributed by atoms with van der Waals surface area (Å²) in [6.07, 6.45) is 0.842. The Labute approximate surface area is 125 Å². The molecule has 0 aliphatic heterocycles. The lowest BCUT2D eigenvalue weighted by molar-refractivity contribution is 0.0698. The number of hydrogen-bond acceptors (Lipinski definition) is 2. The predicted molar refractivity (Wildman–Crippen MR) is 86.1 cm³/mol. The fourth-order valence-corrected chi connectivity index (χ4v) is 3.20. The van der Waals surface area contributed by atoms with Crippen molar-refractivity contribution in [1.29, 1.82) is 0 Å². The van der Waals surface area contributed by atoms with Crippen LogP contribution in [-0.2, 0) is 6.54 Å². The van der Waals surface area contributed by atoms with Gasteiger partial charge in [0.05, 0.1) is 11.1 Å². The molecule has 0 spiro atoms. The average molecular weight is 288 g/mol. The summed E-state index contributed by atoms with van der Waals surface area (Å²) in [7, 11) is 0. The fraction of sp³-hybridized carbons (Fsp3) is 0.471. The Hall–Kier alpha value is -1.81. The molecule has 0 atom stereocenters. The number of carboxylic acid groups (broad SMARTS) is 1. The highest BCUT2D eigenvalue weighted by atomic mass is 16.4. The second-order valence-electron chi connectivity index (χ2n) is 5.96. The van der Waals surface area contributed by atoms with Crippen molar-refractivity contribution in [2.75, 3.05) is 6.54 Å². The van der Waals surface area contributed by atoms with Gasteiger partial charge in [-0.25, -0.2) is 4.79 Å². The van der Waals surface area contributed by atoms with Gasteiger partial charge in [0, 0.05) is 17.6 Å². The number of aromatic carboxylic acids is 1. The quantitative estimate of drug-likeness (QED) is 0.885. The highest BCUT2D eigenvalue weighted by Crippen LogP contribution is 2.34. The van der Waals surface area contributed by atoms with Crippen LogP contribution in [0.2, 0.25) is 0 Å². The normalized spacial score (nSPS) is 11.5. The number of benzene rings is 1. The zero-order valence-corrected chi connectivity index (χ0v) is 13.2. The van der Waals surface area contributed by atoms with Gasteiger partial charge in [-0.1, -0.05) is 13.8 Å². The molecule has 4 nitrogen and oxygen atoms in total. The van der Waals surface area contributed by atoms with Gasteiger partial charge in [-0.3, -0.25) is 0 Å². The molecule has 1 aromatic heterocycles. The van der Waals surface area contributed by atoms with Gasteiger partial charge in [0.25, 0.3) is 0 Å². The van der Waals surface area contributed by atoms with Gasteiger partial charge in [0.1, 0.15) is 0 Å². The van der Waals surface area contributed by atoms with Gasteiger partial charge in [0.15, 0.2) is 0 Å². The maximum absolute atomic E-state index is 11.6. The molecule has 2 aromatic rings. The fourth-order valence-electron chi connectivity index (χ4n) is 3.20. The Morgan fingerprint density at radius 2 is 2.00 bits per heavy atom. The molecule has 0 unspecified atom stereocenters. The summed E-state index contributed by atoms with van der Waals surface area (Å²) in [5, 5.41) is 10.6. The van der Waals surface area contributed by atoms with E-state index in [-0.39, 0.29) is 0 Å². The number of nitrogens with zero attached hydrogens (tertiary/aromatic N) is 1. The molecule has 0 amide bonds. The average Bonchev–Trinajstić information content (AvgIpc) is 2.67. The van der Waals surface area contributed by atoms with Crippen LogP contribution in [-0.4, -0.2) is 22.2 Å². The van der Waals surface area contributed by atoms with E-state index in [0.29, 0.717) is 18.0 Å². The Kier molecular flexibility index (Phi) is 4.37. The van der Waals surface area contributed by atoms with E-state index in [1.165, 1.54) is 5.56 Å². The van der Waals surface area contributed by atoms with Crippen LogP contribution >= 0.6 is 0 Å². The molecule has 0 saturated carbocycles. The molecule has 2 rings (SSSR count). The topological polar surface area (TPSA) is 68.2 Å². The van der Waals surface area contributed by atoms with Crippen LogP contribution in [0, 0.1) is 13.8 Å². The Balaban J connectivity index is 2.87.